The minimum atomic E-state index is 0.493. The van der Waals surface area contributed by atoms with Crippen LogP contribution >= 0.6 is 0 Å². The molecule has 4 rings (SSSR count). The number of piperidine rings is 3. The Morgan fingerprint density at radius 2 is 2.09 bits per heavy atom. The Hall–Kier alpha value is -1.06. The van der Waals surface area contributed by atoms with Gasteiger partial charge in [-0.25, -0.2) is 0 Å². The smallest absolute Gasteiger partial charge is 0.122 e. The second kappa shape index (κ2) is 7.01. The average molecular weight is 302 g/mol. The molecule has 3 aliphatic heterocycles. The summed E-state index contributed by atoms with van der Waals surface area (Å²) in [6, 6.07) is 6.69. The molecule has 3 nitrogen and oxygen atoms in total. The summed E-state index contributed by atoms with van der Waals surface area (Å²) < 4.78 is 5.81. The van der Waals surface area contributed by atoms with Gasteiger partial charge in [0.2, 0.25) is 0 Å². The maximum atomic E-state index is 6.19. The quantitative estimate of drug-likeness (QED) is 0.877. The van der Waals surface area contributed by atoms with Crippen molar-refractivity contribution in [2.75, 3.05) is 32.8 Å². The second-order valence-electron chi connectivity index (χ2n) is 7.02. The standard InChI is InChI=1S/C19H30N2O/c1-3-10-22-19-5-4-16(11-14(19)2)17(12-20)18-13-21-8-6-15(18)7-9-21/h4-5,11,15,17-18H,3,6-10,12-13,20H2,1-2H3. The van der Waals surface area contributed by atoms with Crippen LogP contribution in [0.1, 0.15) is 43.2 Å². The highest BCUT2D eigenvalue weighted by molar-refractivity contribution is 5.38. The summed E-state index contributed by atoms with van der Waals surface area (Å²) >= 11 is 0. The van der Waals surface area contributed by atoms with E-state index in [0.29, 0.717) is 5.92 Å². The molecule has 0 amide bonds. The maximum Gasteiger partial charge on any atom is 0.122 e. The Labute approximate surface area is 134 Å². The molecule has 3 heteroatoms. The average Bonchev–Trinajstić information content (AvgIpc) is 2.56. The van der Waals surface area contributed by atoms with Crippen LogP contribution in [0.15, 0.2) is 18.2 Å². The molecule has 3 heterocycles. The monoisotopic (exact) mass is 302 g/mol. The fourth-order valence-electron chi connectivity index (χ4n) is 4.30. The number of benzene rings is 1. The highest BCUT2D eigenvalue weighted by atomic mass is 16.5. The maximum absolute atomic E-state index is 6.19. The molecule has 3 saturated heterocycles. The summed E-state index contributed by atoms with van der Waals surface area (Å²) in [7, 11) is 0. The van der Waals surface area contributed by atoms with E-state index in [1.54, 1.807) is 0 Å². The van der Waals surface area contributed by atoms with Gasteiger partial charge < -0.3 is 15.4 Å². The highest BCUT2D eigenvalue weighted by Gasteiger charge is 2.38. The van der Waals surface area contributed by atoms with Crippen LogP contribution in [0.5, 0.6) is 5.75 Å². The number of nitrogens with zero attached hydrogens (tertiary/aromatic N) is 1. The molecule has 2 atom stereocenters. The summed E-state index contributed by atoms with van der Waals surface area (Å²) in [4.78, 5) is 2.62. The third-order valence-electron chi connectivity index (χ3n) is 5.57. The number of rotatable bonds is 6. The van der Waals surface area contributed by atoms with Gasteiger partial charge >= 0.3 is 0 Å². The van der Waals surface area contributed by atoms with Gasteiger partial charge in [0.05, 0.1) is 6.61 Å². The predicted molar refractivity (Wildman–Crippen MR) is 91.4 cm³/mol. The SMILES string of the molecule is CCCOc1ccc(C(CN)C2CN3CCC2CC3)cc1C. The molecule has 0 radical (unpaired) electrons. The van der Waals surface area contributed by atoms with Crippen LogP contribution in [0.3, 0.4) is 0 Å². The lowest BCUT2D eigenvalue weighted by atomic mass is 9.70. The summed E-state index contributed by atoms with van der Waals surface area (Å²) in [5.74, 6) is 3.12. The van der Waals surface area contributed by atoms with E-state index in [2.05, 4.69) is 36.9 Å². The number of ether oxygens (including phenoxy) is 1. The summed E-state index contributed by atoms with van der Waals surface area (Å²) in [6.45, 7) is 9.66. The second-order valence-corrected chi connectivity index (χ2v) is 7.02. The fraction of sp³-hybridized carbons (Fsp3) is 0.684. The zero-order valence-electron chi connectivity index (χ0n) is 14.1. The number of fused-ring (bicyclic) bond motifs is 3. The van der Waals surface area contributed by atoms with Crippen LogP contribution in [-0.2, 0) is 0 Å². The third-order valence-corrected chi connectivity index (χ3v) is 5.57. The molecule has 1 aromatic rings. The van der Waals surface area contributed by atoms with Crippen LogP contribution in [0.4, 0.5) is 0 Å². The molecule has 3 fully saturated rings. The lowest BCUT2D eigenvalue weighted by Crippen LogP contribution is -2.50. The molecule has 1 aromatic carbocycles. The van der Waals surface area contributed by atoms with Gasteiger partial charge in [0, 0.05) is 12.5 Å². The first-order valence-electron chi connectivity index (χ1n) is 8.88. The van der Waals surface area contributed by atoms with Gasteiger partial charge in [0.15, 0.2) is 0 Å². The first-order chi connectivity index (χ1) is 10.7. The molecule has 2 unspecified atom stereocenters. The van der Waals surface area contributed by atoms with Crippen molar-refractivity contribution in [3.8, 4) is 5.75 Å². The lowest BCUT2D eigenvalue weighted by molar-refractivity contribution is 0.0378. The van der Waals surface area contributed by atoms with Crippen molar-refractivity contribution < 1.29 is 4.74 Å². The lowest BCUT2D eigenvalue weighted by Gasteiger charge is -2.47. The molecule has 2 bridgehead atoms. The summed E-state index contributed by atoms with van der Waals surface area (Å²) in [6.07, 6.45) is 3.77. The summed E-state index contributed by atoms with van der Waals surface area (Å²) in [5, 5.41) is 0. The van der Waals surface area contributed by atoms with E-state index >= 15 is 0 Å². The van der Waals surface area contributed by atoms with Gasteiger partial charge in [0.1, 0.15) is 5.75 Å². The molecule has 2 N–H and O–H groups in total. The molecule has 0 spiro atoms. The van der Waals surface area contributed by atoms with Gasteiger partial charge in [0.25, 0.3) is 0 Å². The number of aryl methyl sites for hydroxylation is 1. The number of nitrogens with two attached hydrogens (primary N) is 1. The van der Waals surface area contributed by atoms with Gasteiger partial charge in [-0.1, -0.05) is 19.1 Å². The Kier molecular flexibility index (Phi) is 5.04. The molecule has 122 valence electrons. The van der Waals surface area contributed by atoms with Crippen LogP contribution < -0.4 is 10.5 Å². The van der Waals surface area contributed by atoms with Crippen molar-refractivity contribution in [3.05, 3.63) is 29.3 Å². The molecule has 0 aliphatic carbocycles. The van der Waals surface area contributed by atoms with Crippen molar-refractivity contribution in [3.63, 3.8) is 0 Å². The summed E-state index contributed by atoms with van der Waals surface area (Å²) in [5.41, 5.74) is 8.83. The Bertz CT molecular complexity index is 494. The van der Waals surface area contributed by atoms with Crippen molar-refractivity contribution in [2.24, 2.45) is 17.6 Å². The minimum Gasteiger partial charge on any atom is -0.493 e. The zero-order valence-corrected chi connectivity index (χ0v) is 14.1. The van der Waals surface area contributed by atoms with E-state index in [4.69, 9.17) is 10.5 Å². The Morgan fingerprint density at radius 3 is 2.64 bits per heavy atom. The first kappa shape index (κ1) is 15.8. The third kappa shape index (κ3) is 3.16. The molecule has 0 saturated carbocycles. The number of hydrogen-bond donors (Lipinski definition) is 1. The predicted octanol–water partition coefficient (Wildman–Crippen LogP) is 3.17. The molecule has 22 heavy (non-hydrogen) atoms. The topological polar surface area (TPSA) is 38.5 Å². The van der Waals surface area contributed by atoms with Crippen LogP contribution in [0, 0.1) is 18.8 Å². The van der Waals surface area contributed by atoms with E-state index in [1.807, 2.05) is 0 Å². The molecular formula is C19H30N2O. The van der Waals surface area contributed by atoms with Gasteiger partial charge in [-0.05, 0) is 74.8 Å². The van der Waals surface area contributed by atoms with E-state index < -0.39 is 0 Å². The normalized spacial score (nSPS) is 28.6. The minimum absolute atomic E-state index is 0.493. The zero-order chi connectivity index (χ0) is 15.5. The molecular weight excluding hydrogens is 272 g/mol. The van der Waals surface area contributed by atoms with Crippen molar-refractivity contribution in [1.82, 2.24) is 4.90 Å². The van der Waals surface area contributed by atoms with E-state index in [9.17, 15) is 0 Å². The fourth-order valence-corrected chi connectivity index (χ4v) is 4.30. The highest BCUT2D eigenvalue weighted by Crippen LogP contribution is 2.41. The van der Waals surface area contributed by atoms with Gasteiger partial charge in [-0.3, -0.25) is 0 Å². The molecule has 3 aliphatic rings. The van der Waals surface area contributed by atoms with E-state index in [0.717, 1.165) is 37.2 Å². The Balaban J connectivity index is 1.77. The van der Waals surface area contributed by atoms with E-state index in [1.165, 1.54) is 43.6 Å². The van der Waals surface area contributed by atoms with Crippen molar-refractivity contribution in [1.29, 1.82) is 0 Å². The Morgan fingerprint density at radius 1 is 1.32 bits per heavy atom. The molecule has 0 aromatic heterocycles. The van der Waals surface area contributed by atoms with Crippen LogP contribution in [0.2, 0.25) is 0 Å². The number of hydrogen-bond acceptors (Lipinski definition) is 3. The first-order valence-corrected chi connectivity index (χ1v) is 8.88. The van der Waals surface area contributed by atoms with Crippen LogP contribution in [0.25, 0.3) is 0 Å². The largest absolute Gasteiger partial charge is 0.493 e. The van der Waals surface area contributed by atoms with Gasteiger partial charge in [-0.2, -0.15) is 0 Å². The van der Waals surface area contributed by atoms with Crippen molar-refractivity contribution >= 4 is 0 Å². The van der Waals surface area contributed by atoms with Crippen molar-refractivity contribution in [2.45, 2.75) is 39.0 Å². The van der Waals surface area contributed by atoms with Crippen LogP contribution in [-0.4, -0.2) is 37.7 Å². The van der Waals surface area contributed by atoms with E-state index in [-0.39, 0.29) is 0 Å². The van der Waals surface area contributed by atoms with Gasteiger partial charge in [-0.15, -0.1) is 0 Å².